The van der Waals surface area contributed by atoms with E-state index < -0.39 is 0 Å². The molecular formula is C24H24FN3O2. The van der Waals surface area contributed by atoms with Gasteiger partial charge in [-0.1, -0.05) is 49.4 Å². The van der Waals surface area contributed by atoms with Crippen molar-refractivity contribution in [2.45, 2.75) is 38.6 Å². The van der Waals surface area contributed by atoms with E-state index in [9.17, 15) is 14.0 Å². The minimum atomic E-state index is -0.295. The van der Waals surface area contributed by atoms with Gasteiger partial charge in [-0.3, -0.25) is 9.59 Å². The molecule has 0 fully saturated rings. The van der Waals surface area contributed by atoms with E-state index >= 15 is 0 Å². The van der Waals surface area contributed by atoms with Crippen molar-refractivity contribution >= 4 is 5.91 Å². The second-order valence-electron chi connectivity index (χ2n) is 7.62. The highest BCUT2D eigenvalue weighted by molar-refractivity contribution is 5.84. The highest BCUT2D eigenvalue weighted by Crippen LogP contribution is 2.25. The number of halogens is 1. The van der Waals surface area contributed by atoms with Gasteiger partial charge in [0.05, 0.1) is 23.7 Å². The van der Waals surface area contributed by atoms with E-state index in [2.05, 4.69) is 9.97 Å². The fourth-order valence-corrected chi connectivity index (χ4v) is 4.00. The van der Waals surface area contributed by atoms with Crippen LogP contribution in [0.2, 0.25) is 0 Å². The first-order chi connectivity index (χ1) is 14.5. The van der Waals surface area contributed by atoms with Gasteiger partial charge in [0.1, 0.15) is 11.6 Å². The summed E-state index contributed by atoms with van der Waals surface area (Å²) in [5.74, 6) is 0.0961. The van der Waals surface area contributed by atoms with Crippen LogP contribution in [0.25, 0.3) is 0 Å². The summed E-state index contributed by atoms with van der Waals surface area (Å²) in [5, 5.41) is 0. The van der Waals surface area contributed by atoms with Crippen LogP contribution in [0.5, 0.6) is 0 Å². The van der Waals surface area contributed by atoms with Gasteiger partial charge in [-0.05, 0) is 29.7 Å². The molecule has 0 saturated carbocycles. The number of nitrogens with one attached hydrogen (secondary N) is 1. The number of aromatic amines is 1. The number of amides is 1. The maximum atomic E-state index is 13.1. The maximum absolute atomic E-state index is 13.1. The quantitative estimate of drug-likeness (QED) is 0.706. The van der Waals surface area contributed by atoms with Crippen LogP contribution < -0.4 is 5.56 Å². The zero-order valence-electron chi connectivity index (χ0n) is 16.9. The lowest BCUT2D eigenvalue weighted by molar-refractivity contribution is -0.133. The molecule has 30 heavy (non-hydrogen) atoms. The summed E-state index contributed by atoms with van der Waals surface area (Å²) < 4.78 is 13.1. The number of hydrogen-bond donors (Lipinski definition) is 1. The summed E-state index contributed by atoms with van der Waals surface area (Å²) in [7, 11) is 0. The first-order valence-corrected chi connectivity index (χ1v) is 10.2. The summed E-state index contributed by atoms with van der Waals surface area (Å²) in [6, 6.07) is 15.9. The van der Waals surface area contributed by atoms with Crippen LogP contribution in [-0.4, -0.2) is 27.3 Å². The van der Waals surface area contributed by atoms with Gasteiger partial charge in [-0.2, -0.15) is 0 Å². The van der Waals surface area contributed by atoms with Gasteiger partial charge in [0, 0.05) is 19.4 Å². The van der Waals surface area contributed by atoms with E-state index in [4.69, 9.17) is 0 Å². The number of H-pyrrole nitrogens is 1. The third-order valence-corrected chi connectivity index (χ3v) is 5.62. The van der Waals surface area contributed by atoms with E-state index in [-0.39, 0.29) is 29.7 Å². The Morgan fingerprint density at radius 2 is 1.90 bits per heavy atom. The number of aromatic nitrogens is 2. The van der Waals surface area contributed by atoms with Crippen LogP contribution in [0.1, 0.15) is 47.5 Å². The molecule has 6 heteroatoms. The van der Waals surface area contributed by atoms with Crippen molar-refractivity contribution < 1.29 is 9.18 Å². The smallest absolute Gasteiger partial charge is 0.256 e. The molecule has 0 bridgehead atoms. The number of hydrogen-bond acceptors (Lipinski definition) is 3. The Bertz CT molecular complexity index is 1090. The number of fused-ring (bicyclic) bond motifs is 1. The number of rotatable bonds is 5. The Kier molecular flexibility index (Phi) is 5.74. The molecule has 1 atom stereocenters. The van der Waals surface area contributed by atoms with Crippen molar-refractivity contribution in [3.63, 3.8) is 0 Å². The van der Waals surface area contributed by atoms with Crippen LogP contribution in [-0.2, 0) is 24.2 Å². The fourth-order valence-electron chi connectivity index (χ4n) is 4.00. The lowest BCUT2D eigenvalue weighted by Crippen LogP contribution is -2.42. The Morgan fingerprint density at radius 1 is 1.17 bits per heavy atom. The van der Waals surface area contributed by atoms with Gasteiger partial charge >= 0.3 is 0 Å². The topological polar surface area (TPSA) is 66.1 Å². The normalized spacial score (nSPS) is 14.3. The standard InChI is InChI=1S/C24H24FN3O2/c1-2-19(17-6-4-3-5-7-17)24(30)28-13-12-21-20(15-28)23(29)27-22(26-21)14-16-8-10-18(25)11-9-16/h3-11,19H,2,12-15H2,1H3,(H,26,27,29)/t19-/m0/s1. The predicted molar refractivity (Wildman–Crippen MR) is 113 cm³/mol. The molecule has 0 unspecified atom stereocenters. The second kappa shape index (κ2) is 8.61. The van der Waals surface area contributed by atoms with E-state index in [0.717, 1.165) is 16.8 Å². The van der Waals surface area contributed by atoms with Gasteiger partial charge in [0.2, 0.25) is 5.91 Å². The van der Waals surface area contributed by atoms with Crippen molar-refractivity contribution in [1.82, 2.24) is 14.9 Å². The molecular weight excluding hydrogens is 381 g/mol. The van der Waals surface area contributed by atoms with Crippen molar-refractivity contribution in [2.24, 2.45) is 0 Å². The minimum absolute atomic E-state index is 0.0455. The highest BCUT2D eigenvalue weighted by atomic mass is 19.1. The van der Waals surface area contributed by atoms with Crippen LogP contribution in [0.4, 0.5) is 4.39 Å². The van der Waals surface area contributed by atoms with Crippen LogP contribution >= 0.6 is 0 Å². The fraction of sp³-hybridized carbons (Fsp3) is 0.292. The molecule has 1 amide bonds. The molecule has 0 spiro atoms. The SMILES string of the molecule is CC[C@H](C(=O)N1CCc2nc(Cc3ccc(F)cc3)[nH]c(=O)c2C1)c1ccccc1. The van der Waals surface area contributed by atoms with Gasteiger partial charge in [-0.15, -0.1) is 0 Å². The zero-order chi connectivity index (χ0) is 21.1. The summed E-state index contributed by atoms with van der Waals surface area (Å²) in [5.41, 5.74) is 2.97. The molecule has 2 heterocycles. The molecule has 4 rings (SSSR count). The Labute approximate surface area is 174 Å². The van der Waals surface area contributed by atoms with Crippen molar-refractivity contribution in [1.29, 1.82) is 0 Å². The average Bonchev–Trinajstić information content (AvgIpc) is 2.76. The number of carbonyl (C=O) groups excluding carboxylic acids is 1. The first-order valence-electron chi connectivity index (χ1n) is 10.2. The molecule has 154 valence electrons. The van der Waals surface area contributed by atoms with Crippen molar-refractivity contribution in [2.75, 3.05) is 6.54 Å². The van der Waals surface area contributed by atoms with Crippen molar-refractivity contribution in [3.05, 3.63) is 99.0 Å². The average molecular weight is 405 g/mol. The number of carbonyl (C=O) groups is 1. The molecule has 0 radical (unpaired) electrons. The van der Waals surface area contributed by atoms with E-state index in [1.807, 2.05) is 37.3 Å². The Morgan fingerprint density at radius 3 is 2.60 bits per heavy atom. The molecule has 0 aliphatic carbocycles. The van der Waals surface area contributed by atoms with Gasteiger partial charge in [0.25, 0.3) is 5.56 Å². The number of nitrogens with zero attached hydrogens (tertiary/aromatic N) is 2. The van der Waals surface area contributed by atoms with Crippen LogP contribution in [0.15, 0.2) is 59.4 Å². The third-order valence-electron chi connectivity index (χ3n) is 5.62. The largest absolute Gasteiger partial charge is 0.337 e. The molecule has 1 N–H and O–H groups in total. The first kappa shape index (κ1) is 20.0. The minimum Gasteiger partial charge on any atom is -0.337 e. The third kappa shape index (κ3) is 4.17. The molecule has 2 aromatic carbocycles. The predicted octanol–water partition coefficient (Wildman–Crippen LogP) is 3.58. The summed E-state index contributed by atoms with van der Waals surface area (Å²) in [6.45, 7) is 2.82. The van der Waals surface area contributed by atoms with Gasteiger partial charge in [-0.25, -0.2) is 9.37 Å². The van der Waals surface area contributed by atoms with Crippen molar-refractivity contribution in [3.8, 4) is 0 Å². The van der Waals surface area contributed by atoms with E-state index in [0.29, 0.717) is 37.2 Å². The van der Waals surface area contributed by atoms with Gasteiger partial charge < -0.3 is 9.88 Å². The zero-order valence-corrected chi connectivity index (χ0v) is 16.9. The second-order valence-corrected chi connectivity index (χ2v) is 7.62. The number of benzene rings is 2. The molecule has 1 aliphatic rings. The summed E-state index contributed by atoms with van der Waals surface area (Å²) in [4.78, 5) is 35.1. The Hall–Kier alpha value is -3.28. The Balaban J connectivity index is 1.53. The van der Waals surface area contributed by atoms with Crippen LogP contribution in [0, 0.1) is 5.82 Å². The monoisotopic (exact) mass is 405 g/mol. The molecule has 1 aromatic heterocycles. The lowest BCUT2D eigenvalue weighted by Gasteiger charge is -2.31. The highest BCUT2D eigenvalue weighted by Gasteiger charge is 2.29. The lowest BCUT2D eigenvalue weighted by atomic mass is 9.94. The molecule has 5 nitrogen and oxygen atoms in total. The maximum Gasteiger partial charge on any atom is 0.256 e. The van der Waals surface area contributed by atoms with E-state index in [1.54, 1.807) is 17.0 Å². The summed E-state index contributed by atoms with van der Waals surface area (Å²) >= 11 is 0. The van der Waals surface area contributed by atoms with E-state index in [1.165, 1.54) is 12.1 Å². The van der Waals surface area contributed by atoms with Crippen LogP contribution in [0.3, 0.4) is 0 Å². The molecule has 3 aromatic rings. The molecule has 0 saturated heterocycles. The summed E-state index contributed by atoms with van der Waals surface area (Å²) in [6.07, 6.45) is 1.68. The molecule has 1 aliphatic heterocycles. The van der Waals surface area contributed by atoms with Gasteiger partial charge in [0.15, 0.2) is 0 Å².